The van der Waals surface area contributed by atoms with E-state index in [2.05, 4.69) is 49.9 Å². The number of carbonyl (C=O) groups is 1. The third-order valence-corrected chi connectivity index (χ3v) is 8.78. The van der Waals surface area contributed by atoms with Gasteiger partial charge >= 0.3 is 0 Å². The number of benzene rings is 1. The van der Waals surface area contributed by atoms with Crippen molar-refractivity contribution in [2.75, 3.05) is 18.6 Å². The van der Waals surface area contributed by atoms with Crippen molar-refractivity contribution < 1.29 is 14.6 Å². The second kappa shape index (κ2) is 13.4. The Kier molecular flexibility index (Phi) is 9.92. The maximum Gasteiger partial charge on any atom is 0.230 e. The van der Waals surface area contributed by atoms with Gasteiger partial charge < -0.3 is 14.7 Å². The molecule has 40 heavy (non-hydrogen) atoms. The number of methoxy groups -OCH3 is 1. The molecule has 1 saturated carbocycles. The molecule has 1 N–H and O–H groups in total. The number of aliphatic hydroxyl groups excluding tert-OH is 1. The first-order valence-corrected chi connectivity index (χ1v) is 14.8. The van der Waals surface area contributed by atoms with Gasteiger partial charge in [0.2, 0.25) is 5.91 Å². The quantitative estimate of drug-likeness (QED) is 0.352. The number of hydrogen-bond acceptors (Lipinski definition) is 4. The highest BCUT2D eigenvalue weighted by Crippen LogP contribution is 2.42. The number of rotatable bonds is 10. The van der Waals surface area contributed by atoms with E-state index in [1.54, 1.807) is 18.0 Å². The van der Waals surface area contributed by atoms with Gasteiger partial charge in [0.1, 0.15) is 5.76 Å². The smallest absolute Gasteiger partial charge is 0.230 e. The van der Waals surface area contributed by atoms with Gasteiger partial charge in [0.05, 0.1) is 25.0 Å². The average Bonchev–Trinajstić information content (AvgIpc) is 3.51. The van der Waals surface area contributed by atoms with Crippen molar-refractivity contribution in [3.05, 3.63) is 71.3 Å². The fourth-order valence-electron chi connectivity index (χ4n) is 6.03. The molecule has 2 aromatic rings. The van der Waals surface area contributed by atoms with E-state index in [1.807, 2.05) is 42.4 Å². The van der Waals surface area contributed by atoms with Crippen molar-refractivity contribution in [3.8, 4) is 11.8 Å². The summed E-state index contributed by atoms with van der Waals surface area (Å²) in [6.45, 7) is 7.36. The van der Waals surface area contributed by atoms with Crippen LogP contribution < -0.4 is 4.90 Å². The van der Waals surface area contributed by atoms with Crippen molar-refractivity contribution in [2.24, 2.45) is 24.3 Å². The number of aromatic nitrogens is 2. The highest BCUT2D eigenvalue weighted by atomic mass is 16.5. The van der Waals surface area contributed by atoms with Crippen LogP contribution in [0.5, 0.6) is 0 Å². The Morgan fingerprint density at radius 2 is 1.98 bits per heavy atom. The number of anilines is 1. The fraction of sp³-hybridized carbons (Fsp3) is 0.529. The zero-order chi connectivity index (χ0) is 28.7. The van der Waals surface area contributed by atoms with Crippen LogP contribution in [0, 0.1) is 29.1 Å². The van der Waals surface area contributed by atoms with Gasteiger partial charge in [-0.05, 0) is 87.6 Å². The SMILES string of the molecule is CCC[C@@H](CCC1(C)C=CC(OC)=C1C)CN(C(=O)C1CCC(O)CC1)c1cccc(C#Cc2cnn(C)c2)c1. The number of ether oxygens (including phenoxy) is 1. The summed E-state index contributed by atoms with van der Waals surface area (Å²) in [5, 5.41) is 14.3. The van der Waals surface area contributed by atoms with Gasteiger partial charge in [-0.2, -0.15) is 5.10 Å². The molecule has 2 atom stereocenters. The van der Waals surface area contributed by atoms with Gasteiger partial charge in [-0.25, -0.2) is 0 Å². The molecule has 0 aliphatic heterocycles. The predicted octanol–water partition coefficient (Wildman–Crippen LogP) is 6.40. The summed E-state index contributed by atoms with van der Waals surface area (Å²) in [6, 6.07) is 8.06. The van der Waals surface area contributed by atoms with Gasteiger partial charge in [-0.15, -0.1) is 0 Å². The Morgan fingerprint density at radius 1 is 1.23 bits per heavy atom. The molecule has 0 spiro atoms. The maximum absolute atomic E-state index is 14.1. The van der Waals surface area contributed by atoms with Crippen LogP contribution in [0.4, 0.5) is 5.69 Å². The molecule has 1 unspecified atom stereocenters. The second-order valence-corrected chi connectivity index (χ2v) is 11.8. The number of carbonyl (C=O) groups excluding carboxylic acids is 1. The van der Waals surface area contributed by atoms with Gasteiger partial charge in [-0.1, -0.05) is 44.3 Å². The summed E-state index contributed by atoms with van der Waals surface area (Å²) in [7, 11) is 3.61. The topological polar surface area (TPSA) is 67.6 Å². The number of aryl methyl sites for hydroxylation is 1. The molecule has 1 aromatic heterocycles. The monoisotopic (exact) mass is 543 g/mol. The summed E-state index contributed by atoms with van der Waals surface area (Å²) in [5.41, 5.74) is 3.90. The minimum absolute atomic E-state index is 0.0204. The molecule has 2 aliphatic rings. The zero-order valence-electron chi connectivity index (χ0n) is 24.8. The zero-order valence-corrected chi connectivity index (χ0v) is 24.8. The van der Waals surface area contributed by atoms with E-state index >= 15 is 0 Å². The van der Waals surface area contributed by atoms with Crippen LogP contribution in [0.25, 0.3) is 0 Å². The Balaban J connectivity index is 1.58. The second-order valence-electron chi connectivity index (χ2n) is 11.8. The van der Waals surface area contributed by atoms with E-state index in [4.69, 9.17) is 4.74 Å². The summed E-state index contributed by atoms with van der Waals surface area (Å²) in [6.07, 6.45) is 14.8. The molecule has 1 heterocycles. The minimum atomic E-state index is -0.287. The molecule has 1 aromatic carbocycles. The first-order valence-electron chi connectivity index (χ1n) is 14.8. The first-order chi connectivity index (χ1) is 19.2. The van der Waals surface area contributed by atoms with Crippen LogP contribution in [0.1, 0.15) is 83.3 Å². The normalized spacial score (nSPS) is 23.1. The summed E-state index contributed by atoms with van der Waals surface area (Å²) in [5.74, 6) is 7.91. The molecule has 1 amide bonds. The Morgan fingerprint density at radius 3 is 2.62 bits per heavy atom. The number of amides is 1. The largest absolute Gasteiger partial charge is 0.497 e. The molecule has 6 heteroatoms. The van der Waals surface area contributed by atoms with Gasteiger partial charge in [-0.3, -0.25) is 9.48 Å². The van der Waals surface area contributed by atoms with Crippen LogP contribution in [0.15, 0.2) is 60.1 Å². The summed E-state index contributed by atoms with van der Waals surface area (Å²) in [4.78, 5) is 16.1. The molecule has 0 radical (unpaired) electrons. The van der Waals surface area contributed by atoms with E-state index in [0.717, 1.165) is 61.1 Å². The van der Waals surface area contributed by atoms with Crippen molar-refractivity contribution in [1.29, 1.82) is 0 Å². The molecule has 1 fully saturated rings. The van der Waals surface area contributed by atoms with Crippen molar-refractivity contribution >= 4 is 11.6 Å². The van der Waals surface area contributed by atoms with Crippen LogP contribution in [-0.4, -0.2) is 40.6 Å². The Labute approximate surface area is 240 Å². The molecule has 214 valence electrons. The molecular weight excluding hydrogens is 498 g/mol. The Hall–Kier alpha value is -3.30. The predicted molar refractivity (Wildman–Crippen MR) is 161 cm³/mol. The summed E-state index contributed by atoms with van der Waals surface area (Å²) >= 11 is 0. The van der Waals surface area contributed by atoms with Crippen LogP contribution >= 0.6 is 0 Å². The molecule has 0 saturated heterocycles. The maximum atomic E-state index is 14.1. The van der Waals surface area contributed by atoms with Gasteiger partial charge in [0, 0.05) is 42.4 Å². The van der Waals surface area contributed by atoms with Crippen LogP contribution in [0.2, 0.25) is 0 Å². The lowest BCUT2D eigenvalue weighted by atomic mass is 9.78. The van der Waals surface area contributed by atoms with E-state index in [1.165, 1.54) is 5.57 Å². The number of nitrogens with zero attached hydrogens (tertiary/aromatic N) is 3. The first kappa shape index (κ1) is 29.7. The highest BCUT2D eigenvalue weighted by Gasteiger charge is 2.33. The lowest BCUT2D eigenvalue weighted by Gasteiger charge is -2.34. The molecule has 4 rings (SSSR count). The Bertz CT molecular complexity index is 1290. The molecule has 2 aliphatic carbocycles. The molecule has 0 bridgehead atoms. The van der Waals surface area contributed by atoms with E-state index in [0.29, 0.717) is 25.3 Å². The summed E-state index contributed by atoms with van der Waals surface area (Å²) < 4.78 is 7.31. The van der Waals surface area contributed by atoms with Crippen molar-refractivity contribution in [2.45, 2.75) is 78.2 Å². The minimum Gasteiger partial charge on any atom is -0.497 e. The number of hydrogen-bond donors (Lipinski definition) is 1. The van der Waals surface area contributed by atoms with Crippen LogP contribution in [0.3, 0.4) is 0 Å². The number of aliphatic hydroxyl groups is 1. The van der Waals surface area contributed by atoms with E-state index < -0.39 is 0 Å². The van der Waals surface area contributed by atoms with E-state index in [9.17, 15) is 9.90 Å². The number of allylic oxidation sites excluding steroid dienone is 3. The van der Waals surface area contributed by atoms with Crippen molar-refractivity contribution in [3.63, 3.8) is 0 Å². The van der Waals surface area contributed by atoms with Crippen molar-refractivity contribution in [1.82, 2.24) is 9.78 Å². The average molecular weight is 544 g/mol. The van der Waals surface area contributed by atoms with Crippen LogP contribution in [-0.2, 0) is 16.6 Å². The molecular formula is C34H45N3O3. The van der Waals surface area contributed by atoms with E-state index in [-0.39, 0.29) is 23.3 Å². The standard InChI is InChI=1S/C34H45N3O3/c1-6-8-27(17-19-34(3)20-18-32(40-5)25(34)2)24-37(33(39)29-13-15-31(38)16-14-29)30-10-7-9-26(21-30)11-12-28-22-35-36(4)23-28/h7,9-10,18,20-23,27,29,31,38H,6,8,13-17,19,24H2,1-5H3/t27-,29?,31?,34?/m0/s1. The van der Waals surface area contributed by atoms with Gasteiger partial charge in [0.25, 0.3) is 0 Å². The lowest BCUT2D eigenvalue weighted by molar-refractivity contribution is -0.124. The lowest BCUT2D eigenvalue weighted by Crippen LogP contribution is -2.41. The highest BCUT2D eigenvalue weighted by molar-refractivity contribution is 5.95. The van der Waals surface area contributed by atoms with Gasteiger partial charge in [0.15, 0.2) is 0 Å². The third kappa shape index (κ3) is 7.26. The fourth-order valence-corrected chi connectivity index (χ4v) is 6.03. The third-order valence-electron chi connectivity index (χ3n) is 8.78. The molecule has 6 nitrogen and oxygen atoms in total.